The number of hydrogen-bond donors (Lipinski definition) is 2. The summed E-state index contributed by atoms with van der Waals surface area (Å²) < 4.78 is 16.1. The Morgan fingerprint density at radius 1 is 0.897 bits per heavy atom. The highest BCUT2D eigenvalue weighted by atomic mass is 16.5. The summed E-state index contributed by atoms with van der Waals surface area (Å²) in [6, 6.07) is 15.2. The number of esters is 1. The van der Waals surface area contributed by atoms with Gasteiger partial charge < -0.3 is 19.5 Å². The zero-order valence-corrected chi connectivity index (χ0v) is 16.2. The lowest BCUT2D eigenvalue weighted by atomic mass is 10.2. The van der Waals surface area contributed by atoms with Crippen molar-refractivity contribution in [1.82, 2.24) is 10.6 Å². The number of nitrogens with one attached hydrogen (secondary N) is 2. The van der Waals surface area contributed by atoms with Crippen molar-refractivity contribution in [3.05, 3.63) is 60.2 Å². The fourth-order valence-electron chi connectivity index (χ4n) is 2.24. The zero-order valence-electron chi connectivity index (χ0n) is 16.2. The van der Waals surface area contributed by atoms with E-state index < -0.39 is 24.5 Å². The van der Waals surface area contributed by atoms with Crippen LogP contribution in [-0.4, -0.2) is 44.3 Å². The highest BCUT2D eigenvalue weighted by molar-refractivity contribution is 5.97. The molecule has 0 saturated heterocycles. The number of rotatable bonds is 10. The van der Waals surface area contributed by atoms with E-state index in [1.165, 1.54) is 6.07 Å². The molecule has 0 fully saturated rings. The highest BCUT2D eigenvalue weighted by Gasteiger charge is 2.16. The first-order chi connectivity index (χ1) is 14.1. The lowest BCUT2D eigenvalue weighted by molar-refractivity contribution is -0.123. The molecule has 2 aromatic carbocycles. The molecule has 8 nitrogen and oxygen atoms in total. The molecule has 0 aromatic heterocycles. The van der Waals surface area contributed by atoms with Crippen molar-refractivity contribution < 1.29 is 28.6 Å². The van der Waals surface area contributed by atoms with Gasteiger partial charge in [0.1, 0.15) is 30.3 Å². The molecule has 29 heavy (non-hydrogen) atoms. The molecular formula is C21H24N2O6. The van der Waals surface area contributed by atoms with Crippen LogP contribution in [0.2, 0.25) is 0 Å². The molecule has 0 aliphatic carbocycles. The molecule has 2 aromatic rings. The molecule has 8 heteroatoms. The Balaban J connectivity index is 1.79. The van der Waals surface area contributed by atoms with Crippen molar-refractivity contribution >= 4 is 17.9 Å². The quantitative estimate of drug-likeness (QED) is 0.469. The maximum Gasteiger partial charge on any atom is 0.342 e. The summed E-state index contributed by atoms with van der Waals surface area (Å²) in [5.74, 6) is -0.414. The number of carbonyl (C=O) groups is 3. The molecule has 2 rings (SSSR count). The fraction of sp³-hybridized carbons (Fsp3) is 0.286. The summed E-state index contributed by atoms with van der Waals surface area (Å²) in [6.07, 6.45) is 0.740. The summed E-state index contributed by atoms with van der Waals surface area (Å²) in [4.78, 5) is 35.4. The maximum atomic E-state index is 12.3. The van der Waals surface area contributed by atoms with Gasteiger partial charge in [0.15, 0.2) is 6.61 Å². The molecule has 0 spiro atoms. The van der Waals surface area contributed by atoms with Crippen LogP contribution in [0.3, 0.4) is 0 Å². The third kappa shape index (κ3) is 7.92. The van der Waals surface area contributed by atoms with Gasteiger partial charge in [-0.25, -0.2) is 9.59 Å². The molecular weight excluding hydrogens is 376 g/mol. The van der Waals surface area contributed by atoms with Crippen LogP contribution in [0.1, 0.15) is 23.7 Å². The number of hydrogen-bond acceptors (Lipinski definition) is 6. The number of benzene rings is 2. The third-order valence-corrected chi connectivity index (χ3v) is 3.58. The highest BCUT2D eigenvalue weighted by Crippen LogP contribution is 2.19. The zero-order chi connectivity index (χ0) is 20.9. The van der Waals surface area contributed by atoms with Crippen LogP contribution in [0.15, 0.2) is 54.6 Å². The van der Waals surface area contributed by atoms with Gasteiger partial charge in [0.05, 0.1) is 0 Å². The lowest BCUT2D eigenvalue weighted by Gasteiger charge is -2.12. The topological polar surface area (TPSA) is 103 Å². The summed E-state index contributed by atoms with van der Waals surface area (Å²) in [6.45, 7) is 2.26. The van der Waals surface area contributed by atoms with Crippen molar-refractivity contribution in [2.75, 3.05) is 26.4 Å². The Morgan fingerprint density at radius 3 is 2.34 bits per heavy atom. The van der Waals surface area contributed by atoms with E-state index in [9.17, 15) is 14.4 Å². The van der Waals surface area contributed by atoms with Crippen LogP contribution < -0.4 is 20.1 Å². The normalized spacial score (nSPS) is 9.97. The molecule has 0 heterocycles. The van der Waals surface area contributed by atoms with Gasteiger partial charge in [0.2, 0.25) is 0 Å². The van der Waals surface area contributed by atoms with Crippen molar-refractivity contribution in [3.8, 4) is 11.5 Å². The van der Waals surface area contributed by atoms with Gasteiger partial charge in [-0.1, -0.05) is 37.3 Å². The predicted molar refractivity (Wildman–Crippen MR) is 106 cm³/mol. The largest absolute Gasteiger partial charge is 0.490 e. The molecule has 0 atom stereocenters. The molecule has 3 amide bonds. The third-order valence-electron chi connectivity index (χ3n) is 3.58. The Hall–Kier alpha value is -3.55. The van der Waals surface area contributed by atoms with E-state index in [2.05, 4.69) is 10.6 Å². The first-order valence-electron chi connectivity index (χ1n) is 9.24. The van der Waals surface area contributed by atoms with Crippen LogP contribution in [0.4, 0.5) is 4.79 Å². The average molecular weight is 400 g/mol. The lowest BCUT2D eigenvalue weighted by Crippen LogP contribution is -2.41. The molecule has 0 bridgehead atoms. The Labute approximate surface area is 169 Å². The second-order valence-electron chi connectivity index (χ2n) is 5.89. The fourth-order valence-corrected chi connectivity index (χ4v) is 2.24. The van der Waals surface area contributed by atoms with Gasteiger partial charge in [-0.05, 0) is 30.7 Å². The number of carbonyl (C=O) groups excluding carboxylic acids is 3. The van der Waals surface area contributed by atoms with Crippen LogP contribution in [0.5, 0.6) is 11.5 Å². The second-order valence-corrected chi connectivity index (χ2v) is 5.89. The van der Waals surface area contributed by atoms with Crippen molar-refractivity contribution in [1.29, 1.82) is 0 Å². The van der Waals surface area contributed by atoms with E-state index >= 15 is 0 Å². The Bertz CT molecular complexity index is 810. The number of amides is 3. The van der Waals surface area contributed by atoms with E-state index in [1.54, 1.807) is 18.2 Å². The van der Waals surface area contributed by atoms with Crippen LogP contribution >= 0.6 is 0 Å². The monoisotopic (exact) mass is 400 g/mol. The maximum absolute atomic E-state index is 12.3. The van der Waals surface area contributed by atoms with Crippen LogP contribution in [0, 0.1) is 0 Å². The van der Waals surface area contributed by atoms with E-state index in [0.717, 1.165) is 12.2 Å². The van der Waals surface area contributed by atoms with E-state index in [1.807, 2.05) is 37.3 Å². The molecule has 0 aliphatic rings. The van der Waals surface area contributed by atoms with Gasteiger partial charge in [0.25, 0.3) is 5.91 Å². The summed E-state index contributed by atoms with van der Waals surface area (Å²) >= 11 is 0. The number of urea groups is 1. The van der Waals surface area contributed by atoms with E-state index in [-0.39, 0.29) is 12.2 Å². The average Bonchev–Trinajstić information content (AvgIpc) is 2.74. The predicted octanol–water partition coefficient (Wildman–Crippen LogP) is 2.54. The molecule has 0 saturated carbocycles. The Kier molecular flexibility index (Phi) is 9.01. The first kappa shape index (κ1) is 21.7. The van der Waals surface area contributed by atoms with Gasteiger partial charge in [-0.15, -0.1) is 0 Å². The SMILES string of the molecule is CCCNC(=O)NC(=O)COC(=O)c1ccccc1OCCOc1ccccc1. The van der Waals surface area contributed by atoms with E-state index in [0.29, 0.717) is 18.9 Å². The standard InChI is InChI=1S/C21H24N2O6/c1-2-12-22-21(26)23-19(24)15-29-20(25)17-10-6-7-11-18(17)28-14-13-27-16-8-4-3-5-9-16/h3-11H,2,12-15H2,1H3,(H2,22,23,24,26). The van der Waals surface area contributed by atoms with Crippen LogP contribution in [-0.2, 0) is 9.53 Å². The van der Waals surface area contributed by atoms with Crippen molar-refractivity contribution in [2.45, 2.75) is 13.3 Å². The van der Waals surface area contributed by atoms with Crippen molar-refractivity contribution in [3.63, 3.8) is 0 Å². The second kappa shape index (κ2) is 12.0. The minimum Gasteiger partial charge on any atom is -0.490 e. The molecule has 0 unspecified atom stereocenters. The molecule has 154 valence electrons. The smallest absolute Gasteiger partial charge is 0.342 e. The molecule has 0 radical (unpaired) electrons. The summed E-state index contributed by atoms with van der Waals surface area (Å²) in [5, 5.41) is 4.57. The minimum atomic E-state index is -0.728. The number of ether oxygens (including phenoxy) is 3. The Morgan fingerprint density at radius 2 is 1.59 bits per heavy atom. The summed E-state index contributed by atoms with van der Waals surface area (Å²) in [5.41, 5.74) is 0.176. The first-order valence-corrected chi connectivity index (χ1v) is 9.24. The summed E-state index contributed by atoms with van der Waals surface area (Å²) in [7, 11) is 0. The molecule has 2 N–H and O–H groups in total. The van der Waals surface area contributed by atoms with Crippen LogP contribution in [0.25, 0.3) is 0 Å². The number of imide groups is 1. The molecule has 0 aliphatic heterocycles. The van der Waals surface area contributed by atoms with Gasteiger partial charge in [-0.3, -0.25) is 10.1 Å². The van der Waals surface area contributed by atoms with Gasteiger partial charge in [0, 0.05) is 6.54 Å². The van der Waals surface area contributed by atoms with Crippen molar-refractivity contribution in [2.24, 2.45) is 0 Å². The van der Waals surface area contributed by atoms with Gasteiger partial charge >= 0.3 is 12.0 Å². The van der Waals surface area contributed by atoms with E-state index in [4.69, 9.17) is 14.2 Å². The number of para-hydroxylation sites is 2. The van der Waals surface area contributed by atoms with Gasteiger partial charge in [-0.2, -0.15) is 0 Å². The minimum absolute atomic E-state index is 0.176.